The van der Waals surface area contributed by atoms with Gasteiger partial charge >= 0.3 is 11.9 Å². The first-order valence-electron chi connectivity index (χ1n) is 6.47. The third-order valence-corrected chi connectivity index (χ3v) is 3.13. The molecule has 2 fully saturated rings. The van der Waals surface area contributed by atoms with E-state index in [9.17, 15) is 9.59 Å². The zero-order chi connectivity index (χ0) is 13.9. The molecule has 2 atom stereocenters. The van der Waals surface area contributed by atoms with Crippen molar-refractivity contribution in [2.24, 2.45) is 0 Å². The Labute approximate surface area is 115 Å². The zero-order valence-electron chi connectivity index (χ0n) is 10.7. The molecule has 2 saturated heterocycles. The fraction of sp³-hybridized carbons (Fsp3) is 0.429. The number of carbonyl (C=O) groups excluding carboxylic acids is 2. The lowest BCUT2D eigenvalue weighted by Gasteiger charge is -2.26. The monoisotopic (exact) mass is 278 g/mol. The van der Waals surface area contributed by atoms with E-state index in [0.29, 0.717) is 37.2 Å². The summed E-state index contributed by atoms with van der Waals surface area (Å²) in [5.41, 5.74) is 0.592. The largest absolute Gasteiger partial charge is 0.432 e. The van der Waals surface area contributed by atoms with Crippen LogP contribution < -0.4 is 0 Å². The standard InChI is InChI=1S/C14H14O6/c15-13(19-11-4-6-17-11)9-2-1-3-10(8-9)14(16)20-12-5-7-18-12/h1-3,8,11-12H,4-7H2. The van der Waals surface area contributed by atoms with E-state index in [2.05, 4.69) is 0 Å². The molecule has 2 aliphatic heterocycles. The van der Waals surface area contributed by atoms with E-state index in [-0.39, 0.29) is 0 Å². The van der Waals surface area contributed by atoms with Gasteiger partial charge in [-0.05, 0) is 18.2 Å². The number of benzene rings is 1. The molecule has 106 valence electrons. The topological polar surface area (TPSA) is 71.1 Å². The van der Waals surface area contributed by atoms with E-state index < -0.39 is 24.5 Å². The van der Waals surface area contributed by atoms with Crippen molar-refractivity contribution in [3.63, 3.8) is 0 Å². The van der Waals surface area contributed by atoms with Gasteiger partial charge in [0, 0.05) is 12.8 Å². The summed E-state index contributed by atoms with van der Waals surface area (Å²) in [5.74, 6) is -1.02. The zero-order valence-corrected chi connectivity index (χ0v) is 10.7. The maximum Gasteiger partial charge on any atom is 0.340 e. The molecule has 2 heterocycles. The number of esters is 2. The lowest BCUT2D eigenvalue weighted by molar-refractivity contribution is -0.184. The van der Waals surface area contributed by atoms with Gasteiger partial charge < -0.3 is 18.9 Å². The lowest BCUT2D eigenvalue weighted by Crippen LogP contribution is -2.32. The van der Waals surface area contributed by atoms with Crippen molar-refractivity contribution in [3.8, 4) is 0 Å². The number of carbonyl (C=O) groups is 2. The number of ether oxygens (including phenoxy) is 4. The molecule has 0 N–H and O–H groups in total. The third kappa shape index (κ3) is 2.81. The second-order valence-electron chi connectivity index (χ2n) is 4.57. The third-order valence-electron chi connectivity index (χ3n) is 3.13. The fourth-order valence-electron chi connectivity index (χ4n) is 1.76. The predicted octanol–water partition coefficient (Wildman–Crippen LogP) is 1.49. The van der Waals surface area contributed by atoms with Gasteiger partial charge in [-0.1, -0.05) is 6.07 Å². The average Bonchev–Trinajstić information content (AvgIpc) is 2.38. The van der Waals surface area contributed by atoms with Crippen molar-refractivity contribution in [3.05, 3.63) is 35.4 Å². The van der Waals surface area contributed by atoms with Crippen LogP contribution in [0, 0.1) is 0 Å². The molecule has 0 aliphatic carbocycles. The van der Waals surface area contributed by atoms with Crippen LogP contribution in [-0.2, 0) is 18.9 Å². The van der Waals surface area contributed by atoms with Crippen LogP contribution in [0.25, 0.3) is 0 Å². The van der Waals surface area contributed by atoms with Crippen LogP contribution in [0.3, 0.4) is 0 Å². The molecular formula is C14H14O6. The Morgan fingerprint density at radius 1 is 0.950 bits per heavy atom. The summed E-state index contributed by atoms with van der Waals surface area (Å²) in [5, 5.41) is 0. The molecule has 0 radical (unpaired) electrons. The van der Waals surface area contributed by atoms with E-state index >= 15 is 0 Å². The molecule has 6 nitrogen and oxygen atoms in total. The van der Waals surface area contributed by atoms with Crippen LogP contribution in [0.1, 0.15) is 33.6 Å². The van der Waals surface area contributed by atoms with Gasteiger partial charge in [0.2, 0.25) is 12.6 Å². The lowest BCUT2D eigenvalue weighted by atomic mass is 10.1. The maximum atomic E-state index is 11.8. The molecule has 1 aromatic carbocycles. The minimum absolute atomic E-state index is 0.296. The van der Waals surface area contributed by atoms with Gasteiger partial charge in [-0.15, -0.1) is 0 Å². The highest BCUT2D eigenvalue weighted by atomic mass is 16.7. The van der Waals surface area contributed by atoms with Crippen LogP contribution in [0.4, 0.5) is 0 Å². The van der Waals surface area contributed by atoms with Crippen molar-refractivity contribution < 1.29 is 28.5 Å². The Bertz CT molecular complexity index is 475. The molecule has 3 rings (SSSR count). The second kappa shape index (κ2) is 5.60. The van der Waals surface area contributed by atoms with Crippen LogP contribution in [0.2, 0.25) is 0 Å². The van der Waals surface area contributed by atoms with Gasteiger partial charge in [-0.25, -0.2) is 9.59 Å². The second-order valence-corrected chi connectivity index (χ2v) is 4.57. The summed E-state index contributed by atoms with van der Waals surface area (Å²) < 4.78 is 20.2. The molecular weight excluding hydrogens is 264 g/mol. The molecule has 2 unspecified atom stereocenters. The van der Waals surface area contributed by atoms with Crippen LogP contribution in [0.5, 0.6) is 0 Å². The van der Waals surface area contributed by atoms with Gasteiger partial charge in [0.1, 0.15) is 0 Å². The first-order valence-corrected chi connectivity index (χ1v) is 6.47. The summed E-state index contributed by atoms with van der Waals surface area (Å²) in [6, 6.07) is 6.22. The number of hydrogen-bond acceptors (Lipinski definition) is 6. The fourth-order valence-corrected chi connectivity index (χ4v) is 1.76. The quantitative estimate of drug-likeness (QED) is 0.777. The minimum Gasteiger partial charge on any atom is -0.432 e. The molecule has 0 aromatic heterocycles. The Balaban J connectivity index is 1.64. The van der Waals surface area contributed by atoms with Crippen LogP contribution in [-0.4, -0.2) is 37.7 Å². The molecule has 0 saturated carbocycles. The van der Waals surface area contributed by atoms with Crippen molar-refractivity contribution in [1.29, 1.82) is 0 Å². The SMILES string of the molecule is O=C(OC1CCO1)c1cccc(C(=O)OC2CCO2)c1. The molecule has 0 bridgehead atoms. The van der Waals surface area contributed by atoms with Gasteiger partial charge in [0.05, 0.1) is 24.3 Å². The van der Waals surface area contributed by atoms with E-state index in [4.69, 9.17) is 18.9 Å². The van der Waals surface area contributed by atoms with Gasteiger partial charge in [0.15, 0.2) is 0 Å². The molecule has 6 heteroatoms. The summed E-state index contributed by atoms with van der Waals surface area (Å²) in [4.78, 5) is 23.7. The maximum absolute atomic E-state index is 11.8. The van der Waals surface area contributed by atoms with Gasteiger partial charge in [-0.3, -0.25) is 0 Å². The van der Waals surface area contributed by atoms with Crippen molar-refractivity contribution in [2.45, 2.75) is 25.4 Å². The summed E-state index contributed by atoms with van der Waals surface area (Å²) in [6.45, 7) is 1.21. The number of hydrogen-bond donors (Lipinski definition) is 0. The smallest absolute Gasteiger partial charge is 0.340 e. The van der Waals surface area contributed by atoms with E-state index in [0.717, 1.165) is 0 Å². The van der Waals surface area contributed by atoms with E-state index in [1.807, 2.05) is 0 Å². The Hall–Kier alpha value is -1.92. The number of rotatable bonds is 4. The highest BCUT2D eigenvalue weighted by Gasteiger charge is 2.25. The normalized spacial score (nSPS) is 24.2. The Kier molecular flexibility index (Phi) is 3.66. The molecule has 0 amide bonds. The average molecular weight is 278 g/mol. The molecule has 2 aliphatic rings. The summed E-state index contributed by atoms with van der Waals surface area (Å²) in [7, 11) is 0. The van der Waals surface area contributed by atoms with Crippen LogP contribution in [0.15, 0.2) is 24.3 Å². The molecule has 1 aromatic rings. The molecule has 20 heavy (non-hydrogen) atoms. The van der Waals surface area contributed by atoms with Crippen molar-refractivity contribution >= 4 is 11.9 Å². The Morgan fingerprint density at radius 2 is 1.40 bits per heavy atom. The van der Waals surface area contributed by atoms with E-state index in [1.54, 1.807) is 18.2 Å². The predicted molar refractivity (Wildman–Crippen MR) is 66.0 cm³/mol. The van der Waals surface area contributed by atoms with Crippen molar-refractivity contribution in [2.75, 3.05) is 13.2 Å². The molecule has 0 spiro atoms. The van der Waals surface area contributed by atoms with Crippen molar-refractivity contribution in [1.82, 2.24) is 0 Å². The first kappa shape index (κ1) is 13.1. The summed E-state index contributed by atoms with van der Waals surface area (Å²) in [6.07, 6.45) is 0.460. The highest BCUT2D eigenvalue weighted by Crippen LogP contribution is 2.18. The minimum atomic E-state index is -0.510. The van der Waals surface area contributed by atoms with E-state index in [1.165, 1.54) is 6.07 Å². The van der Waals surface area contributed by atoms with Crippen LogP contribution >= 0.6 is 0 Å². The highest BCUT2D eigenvalue weighted by molar-refractivity contribution is 5.95. The summed E-state index contributed by atoms with van der Waals surface area (Å²) >= 11 is 0. The van der Waals surface area contributed by atoms with Gasteiger partial charge in [0.25, 0.3) is 0 Å². The Morgan fingerprint density at radius 3 is 1.75 bits per heavy atom. The first-order chi connectivity index (χ1) is 9.72. The van der Waals surface area contributed by atoms with Gasteiger partial charge in [-0.2, -0.15) is 0 Å².